The van der Waals surface area contributed by atoms with Crippen molar-refractivity contribution in [3.05, 3.63) is 0 Å². The van der Waals surface area contributed by atoms with Crippen molar-refractivity contribution < 1.29 is 13.2 Å². The van der Waals surface area contributed by atoms with Crippen molar-refractivity contribution in [2.75, 3.05) is 57.9 Å². The second-order valence-corrected chi connectivity index (χ2v) is 8.85. The van der Waals surface area contributed by atoms with E-state index in [2.05, 4.69) is 29.4 Å². The second-order valence-electron chi connectivity index (χ2n) is 6.59. The maximum absolute atomic E-state index is 11.2. The van der Waals surface area contributed by atoms with E-state index in [1.165, 1.54) is 6.26 Å². The second kappa shape index (κ2) is 10.9. The molecule has 7 nitrogen and oxygen atoms in total. The highest BCUT2D eigenvalue weighted by atomic mass is 32.2. The quantitative estimate of drug-likeness (QED) is 0.349. The molecular weight excluding hydrogens is 328 g/mol. The van der Waals surface area contributed by atoms with Crippen LogP contribution in [0, 0.1) is 5.92 Å². The van der Waals surface area contributed by atoms with Gasteiger partial charge in [-0.3, -0.25) is 9.89 Å². The van der Waals surface area contributed by atoms with Gasteiger partial charge >= 0.3 is 0 Å². The zero-order chi connectivity index (χ0) is 18.0. The molecule has 2 N–H and O–H groups in total. The van der Waals surface area contributed by atoms with Gasteiger partial charge in [-0.25, -0.2) is 8.42 Å². The van der Waals surface area contributed by atoms with Crippen LogP contribution in [-0.2, 0) is 14.6 Å². The molecule has 0 radical (unpaired) electrons. The number of ether oxygens (including phenoxy) is 1. The predicted octanol–water partition coefficient (Wildman–Crippen LogP) is 0.333. The number of nitrogens with one attached hydrogen (secondary N) is 2. The van der Waals surface area contributed by atoms with Gasteiger partial charge in [-0.1, -0.05) is 13.8 Å². The van der Waals surface area contributed by atoms with Gasteiger partial charge in [0.25, 0.3) is 0 Å². The number of rotatable bonds is 9. The Hall–Kier alpha value is -0.860. The molecule has 0 amide bonds. The number of hydrogen-bond donors (Lipinski definition) is 2. The zero-order valence-electron chi connectivity index (χ0n) is 15.5. The zero-order valence-corrected chi connectivity index (χ0v) is 16.4. The van der Waals surface area contributed by atoms with Gasteiger partial charge in [0.15, 0.2) is 5.96 Å². The van der Waals surface area contributed by atoms with Crippen LogP contribution < -0.4 is 10.6 Å². The number of sulfone groups is 1. The number of aliphatic imine (C=N–C) groups is 1. The van der Waals surface area contributed by atoms with Crippen LogP contribution in [0.15, 0.2) is 4.99 Å². The summed E-state index contributed by atoms with van der Waals surface area (Å²) < 4.78 is 27.8. The van der Waals surface area contributed by atoms with E-state index in [-0.39, 0.29) is 5.75 Å². The largest absolute Gasteiger partial charge is 0.379 e. The average Bonchev–Trinajstić information content (AvgIpc) is 2.51. The molecule has 1 aliphatic heterocycles. The number of hydrogen-bond acceptors (Lipinski definition) is 5. The summed E-state index contributed by atoms with van der Waals surface area (Å²) in [7, 11) is -2.90. The summed E-state index contributed by atoms with van der Waals surface area (Å²) in [5.41, 5.74) is 0. The number of morpholine rings is 1. The van der Waals surface area contributed by atoms with E-state index in [0.717, 1.165) is 45.4 Å². The lowest BCUT2D eigenvalue weighted by molar-refractivity contribution is 0.00867. The Bertz CT molecular complexity index is 474. The van der Waals surface area contributed by atoms with Crippen LogP contribution >= 0.6 is 0 Å². The Morgan fingerprint density at radius 3 is 2.46 bits per heavy atom. The van der Waals surface area contributed by atoms with Crippen molar-refractivity contribution in [1.29, 1.82) is 0 Å². The van der Waals surface area contributed by atoms with E-state index in [9.17, 15) is 8.42 Å². The van der Waals surface area contributed by atoms with E-state index in [4.69, 9.17) is 9.73 Å². The fourth-order valence-corrected chi connectivity index (χ4v) is 3.39. The van der Waals surface area contributed by atoms with E-state index in [1.807, 2.05) is 6.92 Å². The molecule has 1 heterocycles. The summed E-state index contributed by atoms with van der Waals surface area (Å²) in [6.45, 7) is 12.1. The molecule has 1 atom stereocenters. The topological polar surface area (TPSA) is 83.0 Å². The predicted molar refractivity (Wildman–Crippen MR) is 99.3 cm³/mol. The van der Waals surface area contributed by atoms with Gasteiger partial charge in [0.1, 0.15) is 9.84 Å². The fourth-order valence-electron chi connectivity index (χ4n) is 2.72. The number of guanidine groups is 1. The molecular formula is C16H34N4O3S. The molecule has 142 valence electrons. The normalized spacial score (nSPS) is 18.6. The first-order valence-corrected chi connectivity index (χ1v) is 10.9. The SMILES string of the molecule is CCNC(=NCC(C(C)C)N1CCOCC1)NCCCS(C)(=O)=O. The van der Waals surface area contributed by atoms with Crippen LogP contribution in [0.3, 0.4) is 0 Å². The average molecular weight is 363 g/mol. The lowest BCUT2D eigenvalue weighted by atomic mass is 10.0. The number of nitrogens with zero attached hydrogens (tertiary/aromatic N) is 2. The summed E-state index contributed by atoms with van der Waals surface area (Å²) in [5.74, 6) is 1.46. The fraction of sp³-hybridized carbons (Fsp3) is 0.938. The van der Waals surface area contributed by atoms with Crippen molar-refractivity contribution in [3.8, 4) is 0 Å². The Labute approximate surface area is 147 Å². The standard InChI is InChI=1S/C16H34N4O3S/c1-5-17-16(18-7-6-12-24(4,21)22)19-13-15(14(2)3)20-8-10-23-11-9-20/h14-15H,5-13H2,1-4H3,(H2,17,18,19). The Balaban J connectivity index is 2.54. The Morgan fingerprint density at radius 2 is 1.92 bits per heavy atom. The van der Waals surface area contributed by atoms with Crippen LogP contribution in [-0.4, -0.2) is 83.3 Å². The Morgan fingerprint density at radius 1 is 1.25 bits per heavy atom. The van der Waals surface area contributed by atoms with Gasteiger partial charge < -0.3 is 15.4 Å². The van der Waals surface area contributed by atoms with Gasteiger partial charge in [0.05, 0.1) is 25.5 Å². The Kier molecular flexibility index (Phi) is 9.61. The van der Waals surface area contributed by atoms with Crippen molar-refractivity contribution in [3.63, 3.8) is 0 Å². The van der Waals surface area contributed by atoms with Crippen LogP contribution in [0.4, 0.5) is 0 Å². The molecule has 1 aliphatic rings. The van der Waals surface area contributed by atoms with Crippen LogP contribution in [0.1, 0.15) is 27.2 Å². The molecule has 0 saturated carbocycles. The van der Waals surface area contributed by atoms with Crippen molar-refractivity contribution in [2.24, 2.45) is 10.9 Å². The highest BCUT2D eigenvalue weighted by Gasteiger charge is 2.23. The molecule has 0 aliphatic carbocycles. The molecule has 0 aromatic heterocycles. The minimum atomic E-state index is -2.90. The first-order valence-electron chi connectivity index (χ1n) is 8.85. The summed E-state index contributed by atoms with van der Waals surface area (Å²) in [5, 5.41) is 6.45. The van der Waals surface area contributed by atoms with Gasteiger partial charge in [-0.2, -0.15) is 0 Å². The minimum Gasteiger partial charge on any atom is -0.379 e. The molecule has 0 bridgehead atoms. The summed E-state index contributed by atoms with van der Waals surface area (Å²) in [4.78, 5) is 7.16. The van der Waals surface area contributed by atoms with Crippen molar-refractivity contribution in [1.82, 2.24) is 15.5 Å². The highest BCUT2D eigenvalue weighted by molar-refractivity contribution is 7.90. The molecule has 1 saturated heterocycles. The summed E-state index contributed by atoms with van der Waals surface area (Å²) in [6.07, 6.45) is 1.85. The molecule has 1 unspecified atom stereocenters. The maximum Gasteiger partial charge on any atom is 0.191 e. The lowest BCUT2D eigenvalue weighted by Gasteiger charge is -2.36. The molecule has 8 heteroatoms. The smallest absolute Gasteiger partial charge is 0.191 e. The monoisotopic (exact) mass is 362 g/mol. The van der Waals surface area contributed by atoms with Crippen LogP contribution in [0.25, 0.3) is 0 Å². The first-order chi connectivity index (χ1) is 11.3. The molecule has 0 aromatic rings. The lowest BCUT2D eigenvalue weighted by Crippen LogP contribution is -2.48. The van der Waals surface area contributed by atoms with Crippen LogP contribution in [0.5, 0.6) is 0 Å². The van der Waals surface area contributed by atoms with E-state index in [0.29, 0.717) is 24.9 Å². The molecule has 1 fully saturated rings. The third kappa shape index (κ3) is 8.84. The molecule has 0 spiro atoms. The van der Waals surface area contributed by atoms with Gasteiger partial charge in [-0.05, 0) is 19.3 Å². The summed E-state index contributed by atoms with van der Waals surface area (Å²) in [6, 6.07) is 0.389. The molecule has 24 heavy (non-hydrogen) atoms. The van der Waals surface area contributed by atoms with Gasteiger partial charge in [0.2, 0.25) is 0 Å². The minimum absolute atomic E-state index is 0.196. The van der Waals surface area contributed by atoms with Gasteiger partial charge in [0, 0.05) is 38.5 Å². The van der Waals surface area contributed by atoms with Crippen molar-refractivity contribution in [2.45, 2.75) is 33.2 Å². The van der Waals surface area contributed by atoms with Gasteiger partial charge in [-0.15, -0.1) is 0 Å². The molecule has 1 rings (SSSR count). The van der Waals surface area contributed by atoms with Crippen LogP contribution in [0.2, 0.25) is 0 Å². The third-order valence-electron chi connectivity index (χ3n) is 4.05. The summed E-state index contributed by atoms with van der Waals surface area (Å²) >= 11 is 0. The van der Waals surface area contributed by atoms with E-state index in [1.54, 1.807) is 0 Å². The van der Waals surface area contributed by atoms with E-state index >= 15 is 0 Å². The molecule has 0 aromatic carbocycles. The highest BCUT2D eigenvalue weighted by Crippen LogP contribution is 2.13. The van der Waals surface area contributed by atoms with E-state index < -0.39 is 9.84 Å². The van der Waals surface area contributed by atoms with Crippen molar-refractivity contribution >= 4 is 15.8 Å². The third-order valence-corrected chi connectivity index (χ3v) is 5.08. The first kappa shape index (κ1) is 21.2. The maximum atomic E-state index is 11.2.